The largest absolute Gasteiger partial charge is 0.472 e. The highest BCUT2D eigenvalue weighted by Crippen LogP contribution is 2.45. The van der Waals surface area contributed by atoms with E-state index in [0.29, 0.717) is 25.7 Å². The number of hydrogen-bond donors (Lipinski definition) is 3. The summed E-state index contributed by atoms with van der Waals surface area (Å²) < 4.78 is 68.7. The van der Waals surface area contributed by atoms with Crippen LogP contribution in [0.5, 0.6) is 0 Å². The number of unbranched alkanes of at least 4 members (excludes halogenated alkanes) is 46. The molecule has 6 atom stereocenters. The van der Waals surface area contributed by atoms with Gasteiger partial charge in [-0.1, -0.05) is 370 Å². The lowest BCUT2D eigenvalue weighted by Gasteiger charge is -2.21. The van der Waals surface area contributed by atoms with Crippen molar-refractivity contribution in [3.8, 4) is 0 Å². The zero-order valence-electron chi connectivity index (χ0n) is 65.7. The maximum absolute atomic E-state index is 13.1. The number of carbonyl (C=O) groups excluding carboxylic acids is 4. The topological polar surface area (TPSA) is 237 Å². The van der Waals surface area contributed by atoms with Crippen LogP contribution in [0.25, 0.3) is 0 Å². The van der Waals surface area contributed by atoms with E-state index in [1.165, 1.54) is 231 Å². The van der Waals surface area contributed by atoms with Crippen molar-refractivity contribution in [2.45, 2.75) is 439 Å². The summed E-state index contributed by atoms with van der Waals surface area (Å²) in [7, 11) is -9.92. The van der Waals surface area contributed by atoms with Gasteiger partial charge in [0.15, 0.2) is 12.2 Å². The second-order valence-electron chi connectivity index (χ2n) is 30.4. The number of hydrogen-bond acceptors (Lipinski definition) is 15. The van der Waals surface area contributed by atoms with Gasteiger partial charge in [0.1, 0.15) is 19.3 Å². The van der Waals surface area contributed by atoms with Gasteiger partial charge in [0.25, 0.3) is 0 Å². The van der Waals surface area contributed by atoms with Gasteiger partial charge in [-0.15, -0.1) is 0 Å². The molecule has 0 saturated carbocycles. The number of aliphatic hydroxyl groups excluding tert-OH is 1. The van der Waals surface area contributed by atoms with Crippen LogP contribution in [0.15, 0.2) is 0 Å². The van der Waals surface area contributed by atoms with Gasteiger partial charge in [-0.25, -0.2) is 9.13 Å². The lowest BCUT2D eigenvalue weighted by Crippen LogP contribution is -2.30. The van der Waals surface area contributed by atoms with Crippen LogP contribution in [0.3, 0.4) is 0 Å². The normalized spacial score (nSPS) is 14.2. The molecule has 594 valence electrons. The number of phosphoric ester groups is 2. The monoisotopic (exact) mass is 1470 g/mol. The smallest absolute Gasteiger partial charge is 0.462 e. The minimum atomic E-state index is -4.96. The van der Waals surface area contributed by atoms with Crippen LogP contribution >= 0.6 is 15.6 Å². The predicted octanol–water partition coefficient (Wildman–Crippen LogP) is 24.1. The zero-order valence-corrected chi connectivity index (χ0v) is 67.5. The lowest BCUT2D eigenvalue weighted by molar-refractivity contribution is -0.161. The van der Waals surface area contributed by atoms with Crippen LogP contribution in [0.2, 0.25) is 0 Å². The summed E-state index contributed by atoms with van der Waals surface area (Å²) in [6, 6.07) is 0. The number of esters is 4. The van der Waals surface area contributed by atoms with Gasteiger partial charge in [0.05, 0.1) is 26.4 Å². The molecule has 19 heteroatoms. The number of phosphoric acid groups is 2. The van der Waals surface area contributed by atoms with Gasteiger partial charge < -0.3 is 33.8 Å². The Kier molecular flexibility index (Phi) is 69.9. The highest BCUT2D eigenvalue weighted by atomic mass is 31.2. The van der Waals surface area contributed by atoms with E-state index in [0.717, 1.165) is 108 Å². The van der Waals surface area contributed by atoms with Gasteiger partial charge in [-0.2, -0.15) is 0 Å². The molecule has 100 heavy (non-hydrogen) atoms. The Morgan fingerprint density at radius 1 is 0.290 bits per heavy atom. The molecule has 0 radical (unpaired) electrons. The van der Waals surface area contributed by atoms with Crippen LogP contribution in [0.4, 0.5) is 0 Å². The fraction of sp³-hybridized carbons (Fsp3) is 0.951. The Morgan fingerprint density at radius 3 is 0.760 bits per heavy atom. The van der Waals surface area contributed by atoms with Gasteiger partial charge >= 0.3 is 39.5 Å². The maximum Gasteiger partial charge on any atom is 0.472 e. The van der Waals surface area contributed by atoms with Crippen molar-refractivity contribution in [3.05, 3.63) is 0 Å². The summed E-state index contributed by atoms with van der Waals surface area (Å²) >= 11 is 0. The third-order valence-electron chi connectivity index (χ3n) is 19.2. The summed E-state index contributed by atoms with van der Waals surface area (Å²) in [6.07, 6.45) is 59.5. The molecule has 0 aromatic rings. The van der Waals surface area contributed by atoms with E-state index in [1.54, 1.807) is 0 Å². The number of ether oxygens (including phenoxy) is 4. The van der Waals surface area contributed by atoms with E-state index in [4.69, 9.17) is 37.0 Å². The fourth-order valence-electron chi connectivity index (χ4n) is 12.5. The van der Waals surface area contributed by atoms with Gasteiger partial charge in [0, 0.05) is 25.7 Å². The summed E-state index contributed by atoms with van der Waals surface area (Å²) in [6.45, 7) is 12.0. The van der Waals surface area contributed by atoms with Crippen LogP contribution in [0.1, 0.15) is 421 Å². The highest BCUT2D eigenvalue weighted by molar-refractivity contribution is 7.47. The molecule has 0 rings (SSSR count). The Bertz CT molecular complexity index is 1940. The van der Waals surface area contributed by atoms with E-state index >= 15 is 0 Å². The molecule has 0 aliphatic heterocycles. The number of aliphatic hydroxyl groups is 1. The van der Waals surface area contributed by atoms with Gasteiger partial charge in [-0.05, 0) is 43.4 Å². The molecule has 0 aliphatic carbocycles. The molecule has 3 unspecified atom stereocenters. The van der Waals surface area contributed by atoms with Crippen molar-refractivity contribution >= 4 is 39.5 Å². The first-order chi connectivity index (χ1) is 48.3. The van der Waals surface area contributed by atoms with E-state index in [1.807, 2.05) is 0 Å². The SMILES string of the molecule is CCCCCCCCCCCC(=O)OC[C@H](COP(=O)(O)OC[C@H](O)COP(=O)(O)OC[C@@H](COC(=O)CCCCCCCCCCCCCCCCC(C)C)OC(=O)CCCCCCCCCCCCCCCCC(C)CC)OC(=O)CCCCCCCCCCCCCCCC(C)C. The van der Waals surface area contributed by atoms with Crippen molar-refractivity contribution in [3.63, 3.8) is 0 Å². The van der Waals surface area contributed by atoms with Gasteiger partial charge in [-0.3, -0.25) is 37.3 Å². The molecule has 0 heterocycles. The molecule has 0 saturated heterocycles. The molecule has 0 bridgehead atoms. The standard InChI is InChI=1S/C81H158O17P2/c1-8-10-11-12-13-31-41-48-55-62-78(83)91-68-76(97-81(86)65-58-51-44-37-30-24-18-20-26-33-39-46-53-60-73(5)6)70-95-99(87,88)93-66-75(82)67-94-100(89,90)96-71-77(69-92-79(84)63-56-49-42-35-28-22-16-14-19-25-32-38-45-52-59-72(3)4)98-80(85)64-57-50-43-36-29-23-17-15-21-27-34-40-47-54-61-74(7)9-2/h72-77,82H,8-71H2,1-7H3,(H,87,88)(H,89,90)/t74?,75-,76+,77+/m0/s1. The quantitative estimate of drug-likeness (QED) is 0.0222. The van der Waals surface area contributed by atoms with Crippen molar-refractivity contribution in [2.75, 3.05) is 39.6 Å². The Labute approximate surface area is 613 Å². The fourth-order valence-corrected chi connectivity index (χ4v) is 14.0. The number of rotatable bonds is 79. The van der Waals surface area contributed by atoms with Crippen LogP contribution in [-0.4, -0.2) is 96.7 Å². The first kappa shape index (κ1) is 98.1. The van der Waals surface area contributed by atoms with E-state index < -0.39 is 97.5 Å². The Morgan fingerprint density at radius 2 is 0.510 bits per heavy atom. The van der Waals surface area contributed by atoms with E-state index in [-0.39, 0.29) is 25.7 Å². The van der Waals surface area contributed by atoms with Crippen LogP contribution in [-0.2, 0) is 65.4 Å². The van der Waals surface area contributed by atoms with Crippen molar-refractivity contribution in [1.82, 2.24) is 0 Å². The predicted molar refractivity (Wildman–Crippen MR) is 409 cm³/mol. The average Bonchev–Trinajstić information content (AvgIpc) is 0.914. The van der Waals surface area contributed by atoms with Crippen molar-refractivity contribution in [2.24, 2.45) is 17.8 Å². The second-order valence-corrected chi connectivity index (χ2v) is 33.3. The highest BCUT2D eigenvalue weighted by Gasteiger charge is 2.30. The Hall–Kier alpha value is -1.94. The molecule has 0 amide bonds. The minimum absolute atomic E-state index is 0.107. The van der Waals surface area contributed by atoms with Crippen LogP contribution in [0, 0.1) is 17.8 Å². The minimum Gasteiger partial charge on any atom is -0.462 e. The summed E-state index contributed by atoms with van der Waals surface area (Å²) in [4.78, 5) is 73.0. The molecule has 17 nitrogen and oxygen atoms in total. The summed E-state index contributed by atoms with van der Waals surface area (Å²) in [5.74, 6) is 0.321. The summed E-state index contributed by atoms with van der Waals surface area (Å²) in [5, 5.41) is 10.6. The maximum atomic E-state index is 13.1. The lowest BCUT2D eigenvalue weighted by atomic mass is 9.99. The van der Waals surface area contributed by atoms with E-state index in [9.17, 15) is 43.2 Å². The molecule has 3 N–H and O–H groups in total. The number of carbonyl (C=O) groups is 4. The first-order valence-electron chi connectivity index (χ1n) is 41.9. The molecular weight excluding hydrogens is 1310 g/mol. The summed E-state index contributed by atoms with van der Waals surface area (Å²) in [5.41, 5.74) is 0. The van der Waals surface area contributed by atoms with Crippen LogP contribution < -0.4 is 0 Å². The molecular formula is C81H158O17P2. The second kappa shape index (κ2) is 71.3. The molecule has 0 aromatic carbocycles. The molecule has 0 aliphatic rings. The first-order valence-corrected chi connectivity index (χ1v) is 44.9. The molecule has 0 spiro atoms. The zero-order chi connectivity index (χ0) is 73.7. The van der Waals surface area contributed by atoms with Crippen molar-refractivity contribution < 1.29 is 80.2 Å². The third kappa shape index (κ3) is 73.0. The van der Waals surface area contributed by atoms with Crippen molar-refractivity contribution in [1.29, 1.82) is 0 Å². The van der Waals surface area contributed by atoms with E-state index in [2.05, 4.69) is 48.5 Å². The third-order valence-corrected chi connectivity index (χ3v) is 21.1. The average molecular weight is 1470 g/mol. The van der Waals surface area contributed by atoms with Gasteiger partial charge in [0.2, 0.25) is 0 Å². The molecule has 0 fully saturated rings. The Balaban J connectivity index is 5.23. The molecule has 0 aromatic heterocycles.